The van der Waals surface area contributed by atoms with Gasteiger partial charge >= 0.3 is 0 Å². The van der Waals surface area contributed by atoms with Crippen molar-refractivity contribution >= 4 is 22.4 Å². The molecular formula is C29H30N2O3. The number of rotatable bonds is 7. The zero-order valence-corrected chi connectivity index (χ0v) is 20.1. The molecule has 34 heavy (non-hydrogen) atoms. The van der Waals surface area contributed by atoms with Crippen LogP contribution >= 0.6 is 0 Å². The molecule has 5 heteroatoms. The van der Waals surface area contributed by atoms with E-state index in [0.29, 0.717) is 40.2 Å². The van der Waals surface area contributed by atoms with Gasteiger partial charge in [0.1, 0.15) is 5.75 Å². The fraction of sp³-hybridized carbons (Fsp3) is 0.241. The van der Waals surface area contributed by atoms with Crippen LogP contribution in [0.4, 0.5) is 5.69 Å². The Balaban J connectivity index is 1.86. The van der Waals surface area contributed by atoms with Crippen LogP contribution in [0.25, 0.3) is 16.5 Å². The molecule has 0 bridgehead atoms. The van der Waals surface area contributed by atoms with Crippen molar-refractivity contribution in [2.45, 2.75) is 33.1 Å². The molecule has 0 spiro atoms. The number of hydrogen-bond acceptors (Lipinski definition) is 3. The van der Waals surface area contributed by atoms with E-state index >= 15 is 0 Å². The Morgan fingerprint density at radius 3 is 2.18 bits per heavy atom. The zero-order valence-electron chi connectivity index (χ0n) is 20.1. The maximum Gasteiger partial charge on any atom is 0.262 e. The van der Waals surface area contributed by atoms with Crippen molar-refractivity contribution in [1.29, 1.82) is 0 Å². The molecule has 0 aliphatic rings. The lowest BCUT2D eigenvalue weighted by molar-refractivity contribution is 0.0988. The van der Waals surface area contributed by atoms with Crippen LogP contribution in [0.5, 0.6) is 5.75 Å². The summed E-state index contributed by atoms with van der Waals surface area (Å²) in [7, 11) is 1.60. The van der Waals surface area contributed by atoms with Crippen molar-refractivity contribution in [1.82, 2.24) is 4.57 Å². The molecule has 0 atom stereocenters. The van der Waals surface area contributed by atoms with Gasteiger partial charge in [-0.2, -0.15) is 0 Å². The summed E-state index contributed by atoms with van der Waals surface area (Å²) in [6, 6.07) is 22.7. The van der Waals surface area contributed by atoms with Crippen molar-refractivity contribution in [3.05, 3.63) is 100 Å². The normalized spacial score (nSPS) is 11.1. The molecule has 174 valence electrons. The number of hydrogen-bond donors (Lipinski definition) is 0. The van der Waals surface area contributed by atoms with Crippen LogP contribution in [0.15, 0.2) is 83.8 Å². The maximum atomic E-state index is 14.0. The topological polar surface area (TPSA) is 51.5 Å². The van der Waals surface area contributed by atoms with Gasteiger partial charge < -0.3 is 9.64 Å². The van der Waals surface area contributed by atoms with Crippen LogP contribution in [0.1, 0.15) is 49.0 Å². The zero-order chi connectivity index (χ0) is 24.2. The number of fused-ring (bicyclic) bond motifs is 1. The summed E-state index contributed by atoms with van der Waals surface area (Å²) >= 11 is 0. The number of pyridine rings is 1. The second kappa shape index (κ2) is 9.96. The van der Waals surface area contributed by atoms with Crippen molar-refractivity contribution < 1.29 is 9.53 Å². The molecule has 0 unspecified atom stereocenters. The van der Waals surface area contributed by atoms with Gasteiger partial charge in [0.25, 0.3) is 11.5 Å². The highest BCUT2D eigenvalue weighted by atomic mass is 16.5. The van der Waals surface area contributed by atoms with Gasteiger partial charge in [0, 0.05) is 34.9 Å². The lowest BCUT2D eigenvalue weighted by Crippen LogP contribution is -2.33. The summed E-state index contributed by atoms with van der Waals surface area (Å²) in [6.07, 6.45) is 2.48. The average molecular weight is 455 g/mol. The molecule has 4 rings (SSSR count). The molecule has 1 heterocycles. The van der Waals surface area contributed by atoms with Crippen molar-refractivity contribution in [2.24, 2.45) is 0 Å². The van der Waals surface area contributed by atoms with E-state index in [4.69, 9.17) is 4.74 Å². The van der Waals surface area contributed by atoms with E-state index < -0.39 is 0 Å². The molecule has 0 saturated carbocycles. The van der Waals surface area contributed by atoms with Crippen molar-refractivity contribution in [3.8, 4) is 11.4 Å². The quantitative estimate of drug-likeness (QED) is 0.335. The first-order chi connectivity index (χ1) is 16.4. The van der Waals surface area contributed by atoms with E-state index in [1.165, 1.54) is 5.56 Å². The number of carbonyl (C=O) groups is 1. The molecular weight excluding hydrogens is 424 g/mol. The number of aromatic nitrogens is 1. The summed E-state index contributed by atoms with van der Waals surface area (Å²) in [5, 5.41) is 1.16. The Labute approximate surface area is 200 Å². The molecule has 3 aromatic carbocycles. The Morgan fingerprint density at radius 2 is 1.59 bits per heavy atom. The number of anilines is 1. The van der Waals surface area contributed by atoms with Gasteiger partial charge in [-0.3, -0.25) is 14.2 Å². The number of ether oxygens (including phenoxy) is 1. The smallest absolute Gasteiger partial charge is 0.262 e. The first kappa shape index (κ1) is 23.3. The van der Waals surface area contributed by atoms with Crippen LogP contribution in [0, 0.1) is 0 Å². The highest BCUT2D eigenvalue weighted by molar-refractivity contribution is 6.13. The third kappa shape index (κ3) is 4.46. The minimum atomic E-state index is -0.166. The van der Waals surface area contributed by atoms with Crippen LogP contribution < -0.4 is 15.2 Å². The van der Waals surface area contributed by atoms with Gasteiger partial charge in [-0.25, -0.2) is 0 Å². The highest BCUT2D eigenvalue weighted by Gasteiger charge is 2.22. The largest absolute Gasteiger partial charge is 0.497 e. The highest BCUT2D eigenvalue weighted by Crippen LogP contribution is 2.25. The summed E-state index contributed by atoms with van der Waals surface area (Å²) in [5.74, 6) is 0.992. The third-order valence-electron chi connectivity index (χ3n) is 6.07. The van der Waals surface area contributed by atoms with Gasteiger partial charge in [-0.15, -0.1) is 0 Å². The van der Waals surface area contributed by atoms with E-state index in [-0.39, 0.29) is 11.5 Å². The van der Waals surface area contributed by atoms with E-state index in [1.54, 1.807) is 41.0 Å². The molecule has 0 N–H and O–H groups in total. The fourth-order valence-electron chi connectivity index (χ4n) is 4.15. The Bertz CT molecular complexity index is 1350. The molecule has 5 nitrogen and oxygen atoms in total. The molecule has 0 fully saturated rings. The van der Waals surface area contributed by atoms with Gasteiger partial charge in [0.05, 0.1) is 12.7 Å². The predicted octanol–water partition coefficient (Wildman–Crippen LogP) is 6.18. The van der Waals surface area contributed by atoms with E-state index in [0.717, 1.165) is 12.1 Å². The number of nitrogens with zero attached hydrogens (tertiary/aromatic N) is 2. The number of benzene rings is 3. The van der Waals surface area contributed by atoms with Crippen molar-refractivity contribution in [3.63, 3.8) is 0 Å². The van der Waals surface area contributed by atoms with Gasteiger partial charge in [-0.1, -0.05) is 51.1 Å². The molecule has 0 aliphatic heterocycles. The summed E-state index contributed by atoms with van der Waals surface area (Å²) in [5.41, 5.74) is 3.08. The predicted molar refractivity (Wildman–Crippen MR) is 139 cm³/mol. The minimum absolute atomic E-state index is 0.127. The standard InChI is InChI=1S/C29H30N2O3/c1-5-18-30(22-12-10-21(11-13-22)20(2)3)29(33)27-19-31(23-14-16-24(34-4)17-15-23)28(32)26-9-7-6-8-25(26)27/h6-17,19-20H,5,18H2,1-4H3. The molecule has 0 aliphatic carbocycles. The van der Waals surface area contributed by atoms with Crippen LogP contribution in [-0.4, -0.2) is 24.1 Å². The SMILES string of the molecule is CCCN(C(=O)c1cn(-c2ccc(OC)cc2)c(=O)c2ccccc12)c1ccc(C(C)C)cc1. The first-order valence-corrected chi connectivity index (χ1v) is 11.6. The molecule has 1 aromatic heterocycles. The van der Waals surface area contributed by atoms with Crippen LogP contribution in [0.3, 0.4) is 0 Å². The van der Waals surface area contributed by atoms with Crippen LogP contribution in [-0.2, 0) is 0 Å². The Hall–Kier alpha value is -3.86. The molecule has 4 aromatic rings. The lowest BCUT2D eigenvalue weighted by Gasteiger charge is -2.24. The summed E-state index contributed by atoms with van der Waals surface area (Å²) < 4.78 is 6.79. The molecule has 0 saturated heterocycles. The second-order valence-electron chi connectivity index (χ2n) is 8.66. The average Bonchev–Trinajstić information content (AvgIpc) is 2.87. The number of carbonyl (C=O) groups excluding carboxylic acids is 1. The lowest BCUT2D eigenvalue weighted by atomic mass is 10.0. The van der Waals surface area contributed by atoms with Gasteiger partial charge in [-0.05, 0) is 60.4 Å². The van der Waals surface area contributed by atoms with E-state index in [1.807, 2.05) is 42.5 Å². The molecule has 0 radical (unpaired) electrons. The number of methoxy groups -OCH3 is 1. The second-order valence-corrected chi connectivity index (χ2v) is 8.66. The number of amides is 1. The van der Waals surface area contributed by atoms with Crippen LogP contribution in [0.2, 0.25) is 0 Å². The maximum absolute atomic E-state index is 14.0. The first-order valence-electron chi connectivity index (χ1n) is 11.6. The van der Waals surface area contributed by atoms with Crippen molar-refractivity contribution in [2.75, 3.05) is 18.6 Å². The minimum Gasteiger partial charge on any atom is -0.497 e. The van der Waals surface area contributed by atoms with Gasteiger partial charge in [0.15, 0.2) is 0 Å². The van der Waals surface area contributed by atoms with E-state index in [9.17, 15) is 9.59 Å². The third-order valence-corrected chi connectivity index (χ3v) is 6.07. The summed E-state index contributed by atoms with van der Waals surface area (Å²) in [4.78, 5) is 29.1. The Morgan fingerprint density at radius 1 is 0.941 bits per heavy atom. The van der Waals surface area contributed by atoms with E-state index in [2.05, 4.69) is 32.9 Å². The van der Waals surface area contributed by atoms with Gasteiger partial charge in [0.2, 0.25) is 0 Å². The monoisotopic (exact) mass is 454 g/mol. The molecule has 1 amide bonds. The Kier molecular flexibility index (Phi) is 6.82. The summed E-state index contributed by atoms with van der Waals surface area (Å²) in [6.45, 7) is 6.94. The fourth-order valence-corrected chi connectivity index (χ4v) is 4.15.